The van der Waals surface area contributed by atoms with Crippen molar-refractivity contribution >= 4 is 22.6 Å². The number of imidazole rings is 1. The zero-order chi connectivity index (χ0) is 16.5. The van der Waals surface area contributed by atoms with E-state index in [2.05, 4.69) is 4.98 Å². The summed E-state index contributed by atoms with van der Waals surface area (Å²) in [5.41, 5.74) is 3.10. The van der Waals surface area contributed by atoms with Crippen molar-refractivity contribution in [3.05, 3.63) is 83.4 Å². The van der Waals surface area contributed by atoms with Crippen LogP contribution in [0.15, 0.2) is 67.0 Å². The number of pyridine rings is 1. The van der Waals surface area contributed by atoms with Gasteiger partial charge in [0.15, 0.2) is 0 Å². The van der Waals surface area contributed by atoms with Crippen molar-refractivity contribution in [2.45, 2.75) is 6.54 Å². The molecule has 0 aliphatic rings. The molecule has 0 atom stereocenters. The Bertz CT molecular complexity index is 991. The molecule has 4 aromatic rings. The Labute approximate surface area is 143 Å². The number of rotatable bonds is 3. The summed E-state index contributed by atoms with van der Waals surface area (Å²) >= 11 is 6.21. The molecular formula is C19H13ClFN3. The Morgan fingerprint density at radius 3 is 2.67 bits per heavy atom. The lowest BCUT2D eigenvalue weighted by atomic mass is 10.2. The third kappa shape index (κ3) is 2.55. The molecule has 0 spiro atoms. The van der Waals surface area contributed by atoms with Crippen molar-refractivity contribution in [1.29, 1.82) is 0 Å². The Morgan fingerprint density at radius 2 is 1.88 bits per heavy atom. The molecule has 4 rings (SSSR count). The first kappa shape index (κ1) is 14.8. The number of fused-ring (bicyclic) bond motifs is 1. The van der Waals surface area contributed by atoms with Crippen molar-refractivity contribution in [3.63, 3.8) is 0 Å². The number of aromatic nitrogens is 3. The molecule has 0 aliphatic carbocycles. The summed E-state index contributed by atoms with van der Waals surface area (Å²) in [5.74, 6) is 0.418. The van der Waals surface area contributed by atoms with Gasteiger partial charge in [0.25, 0.3) is 0 Å². The molecule has 0 N–H and O–H groups in total. The van der Waals surface area contributed by atoms with Crippen molar-refractivity contribution in [1.82, 2.24) is 14.5 Å². The standard InChI is InChI=1S/C19H13ClFN3/c20-15-6-3-7-16(21)14(15)12-24-18-9-2-1-8-17(18)23-19(24)13-5-4-10-22-11-13/h1-11H,12H2. The lowest BCUT2D eigenvalue weighted by Crippen LogP contribution is -2.05. The van der Waals surface area contributed by atoms with Gasteiger partial charge in [0.05, 0.1) is 17.6 Å². The Kier molecular flexibility index (Phi) is 3.75. The highest BCUT2D eigenvalue weighted by atomic mass is 35.5. The number of para-hydroxylation sites is 2. The number of hydrogen-bond donors (Lipinski definition) is 0. The highest BCUT2D eigenvalue weighted by molar-refractivity contribution is 6.31. The van der Waals surface area contributed by atoms with Crippen LogP contribution in [-0.2, 0) is 6.54 Å². The van der Waals surface area contributed by atoms with Crippen LogP contribution in [0.5, 0.6) is 0 Å². The predicted octanol–water partition coefficient (Wildman–Crippen LogP) is 4.94. The number of hydrogen-bond acceptors (Lipinski definition) is 2. The molecule has 0 aliphatic heterocycles. The molecule has 0 fully saturated rings. The van der Waals surface area contributed by atoms with Crippen LogP contribution in [0.1, 0.15) is 5.56 Å². The maximum absolute atomic E-state index is 14.2. The molecule has 0 amide bonds. The van der Waals surface area contributed by atoms with Crippen molar-refractivity contribution in [2.24, 2.45) is 0 Å². The largest absolute Gasteiger partial charge is 0.319 e. The average molecular weight is 338 g/mol. The molecule has 118 valence electrons. The lowest BCUT2D eigenvalue weighted by Gasteiger charge is -2.11. The third-order valence-corrected chi connectivity index (χ3v) is 4.31. The molecule has 0 radical (unpaired) electrons. The molecule has 0 bridgehead atoms. The normalized spacial score (nSPS) is 11.1. The van der Waals surface area contributed by atoms with Crippen LogP contribution in [0, 0.1) is 5.82 Å². The molecule has 2 aromatic carbocycles. The predicted molar refractivity (Wildman–Crippen MR) is 93.5 cm³/mol. The zero-order valence-corrected chi connectivity index (χ0v) is 13.4. The van der Waals surface area contributed by atoms with Crippen molar-refractivity contribution in [2.75, 3.05) is 0 Å². The van der Waals surface area contributed by atoms with Gasteiger partial charge in [0, 0.05) is 28.5 Å². The second-order valence-corrected chi connectivity index (χ2v) is 5.86. The van der Waals surface area contributed by atoms with Gasteiger partial charge in [-0.1, -0.05) is 29.8 Å². The van der Waals surface area contributed by atoms with E-state index in [1.807, 2.05) is 41.0 Å². The van der Waals surface area contributed by atoms with E-state index in [-0.39, 0.29) is 5.82 Å². The van der Waals surface area contributed by atoms with Gasteiger partial charge in [-0.25, -0.2) is 9.37 Å². The molecule has 2 heterocycles. The van der Waals surface area contributed by atoms with Gasteiger partial charge in [-0.15, -0.1) is 0 Å². The summed E-state index contributed by atoms with van der Waals surface area (Å²) in [7, 11) is 0. The van der Waals surface area contributed by atoms with Crippen LogP contribution in [-0.4, -0.2) is 14.5 Å². The number of halogens is 2. The molecule has 0 saturated heterocycles. The molecule has 3 nitrogen and oxygen atoms in total. The summed E-state index contributed by atoms with van der Waals surface area (Å²) in [6.45, 7) is 0.302. The minimum Gasteiger partial charge on any atom is -0.319 e. The first-order valence-electron chi connectivity index (χ1n) is 7.52. The molecular weight excluding hydrogens is 325 g/mol. The van der Waals surface area contributed by atoms with Crippen LogP contribution in [0.4, 0.5) is 4.39 Å². The fourth-order valence-electron chi connectivity index (χ4n) is 2.79. The van der Waals surface area contributed by atoms with Gasteiger partial charge in [-0.3, -0.25) is 4.98 Å². The molecule has 5 heteroatoms. The summed E-state index contributed by atoms with van der Waals surface area (Å²) in [5, 5.41) is 0.407. The van der Waals surface area contributed by atoms with Crippen molar-refractivity contribution < 1.29 is 4.39 Å². The summed E-state index contributed by atoms with van der Waals surface area (Å²) in [6.07, 6.45) is 3.46. The molecule has 0 unspecified atom stereocenters. The van der Waals surface area contributed by atoms with Crippen molar-refractivity contribution in [3.8, 4) is 11.4 Å². The SMILES string of the molecule is Fc1cccc(Cl)c1Cn1c(-c2cccnc2)nc2ccccc21. The van der Waals surface area contributed by atoms with E-state index in [0.29, 0.717) is 17.1 Å². The van der Waals surface area contributed by atoms with Crippen LogP contribution >= 0.6 is 11.6 Å². The second kappa shape index (κ2) is 6.06. The lowest BCUT2D eigenvalue weighted by molar-refractivity contribution is 0.602. The molecule has 2 aromatic heterocycles. The average Bonchev–Trinajstić information content (AvgIpc) is 2.98. The van der Waals surface area contributed by atoms with E-state index in [9.17, 15) is 4.39 Å². The van der Waals surface area contributed by atoms with Gasteiger partial charge in [0.2, 0.25) is 0 Å². The van der Waals surface area contributed by atoms with Gasteiger partial charge in [0.1, 0.15) is 11.6 Å². The first-order chi connectivity index (χ1) is 11.7. The maximum Gasteiger partial charge on any atom is 0.143 e. The minimum absolute atomic E-state index is 0.302. The maximum atomic E-state index is 14.2. The zero-order valence-electron chi connectivity index (χ0n) is 12.7. The number of benzene rings is 2. The van der Waals surface area contributed by atoms with Gasteiger partial charge in [-0.2, -0.15) is 0 Å². The van der Waals surface area contributed by atoms with E-state index in [0.717, 1.165) is 22.4 Å². The fourth-order valence-corrected chi connectivity index (χ4v) is 3.02. The highest BCUT2D eigenvalue weighted by Crippen LogP contribution is 2.28. The second-order valence-electron chi connectivity index (χ2n) is 5.45. The summed E-state index contributed by atoms with van der Waals surface area (Å²) in [6, 6.07) is 16.3. The summed E-state index contributed by atoms with van der Waals surface area (Å²) < 4.78 is 16.2. The van der Waals surface area contributed by atoms with Crippen LogP contribution < -0.4 is 0 Å². The minimum atomic E-state index is -0.322. The van der Waals surface area contributed by atoms with E-state index in [1.54, 1.807) is 24.5 Å². The van der Waals surface area contributed by atoms with E-state index < -0.39 is 0 Å². The Hall–Kier alpha value is -2.72. The quantitative estimate of drug-likeness (QED) is 0.530. The Morgan fingerprint density at radius 1 is 1.00 bits per heavy atom. The fraction of sp³-hybridized carbons (Fsp3) is 0.0526. The summed E-state index contributed by atoms with van der Waals surface area (Å²) in [4.78, 5) is 8.86. The molecule has 24 heavy (non-hydrogen) atoms. The third-order valence-electron chi connectivity index (χ3n) is 3.95. The van der Waals surface area contributed by atoms with Crippen LogP contribution in [0.3, 0.4) is 0 Å². The molecule has 0 saturated carbocycles. The van der Waals surface area contributed by atoms with E-state index >= 15 is 0 Å². The van der Waals surface area contributed by atoms with E-state index in [1.165, 1.54) is 6.07 Å². The van der Waals surface area contributed by atoms with Gasteiger partial charge < -0.3 is 4.57 Å². The van der Waals surface area contributed by atoms with Gasteiger partial charge >= 0.3 is 0 Å². The first-order valence-corrected chi connectivity index (χ1v) is 7.90. The van der Waals surface area contributed by atoms with Gasteiger partial charge in [-0.05, 0) is 36.4 Å². The van der Waals surface area contributed by atoms with Crippen LogP contribution in [0.2, 0.25) is 5.02 Å². The highest BCUT2D eigenvalue weighted by Gasteiger charge is 2.16. The monoisotopic (exact) mass is 337 g/mol. The van der Waals surface area contributed by atoms with Crippen LogP contribution in [0.25, 0.3) is 22.4 Å². The van der Waals surface area contributed by atoms with E-state index in [4.69, 9.17) is 16.6 Å². The topological polar surface area (TPSA) is 30.7 Å². The number of nitrogens with zero attached hydrogens (tertiary/aromatic N) is 3. The smallest absolute Gasteiger partial charge is 0.143 e. The Balaban J connectivity index is 1.93.